The standard InChI is InChI=1S/C28H29N3O5/c1-35-23-16-14-22(15-17-23)29-27(33)25(21-11-6-3-7-12-21)30-26(32)24-13-8-18-31(24)28(34)36-19-20-9-4-2-5-10-20/h2-7,9-12,14-17,24-25H,8,13,18-19H2,1H3,(H,29,33)(H,30,32)/t24-,25-/m1/s1. The van der Waals surface area contributed by atoms with Gasteiger partial charge in [0.2, 0.25) is 5.91 Å². The number of amides is 3. The lowest BCUT2D eigenvalue weighted by Crippen LogP contribution is -2.48. The Hall–Kier alpha value is -4.33. The molecule has 0 unspecified atom stereocenters. The van der Waals surface area contributed by atoms with Crippen LogP contribution in [0.3, 0.4) is 0 Å². The fourth-order valence-corrected chi connectivity index (χ4v) is 4.13. The van der Waals surface area contributed by atoms with Gasteiger partial charge in [0.25, 0.3) is 5.91 Å². The van der Waals surface area contributed by atoms with Gasteiger partial charge in [0.15, 0.2) is 0 Å². The fraction of sp³-hybridized carbons (Fsp3) is 0.250. The molecule has 186 valence electrons. The van der Waals surface area contributed by atoms with Gasteiger partial charge in [-0.2, -0.15) is 0 Å². The van der Waals surface area contributed by atoms with Crippen LogP contribution in [0, 0.1) is 0 Å². The van der Waals surface area contributed by atoms with Gasteiger partial charge in [-0.25, -0.2) is 4.79 Å². The Bertz CT molecular complexity index is 1170. The van der Waals surface area contributed by atoms with Gasteiger partial charge in [-0.05, 0) is 48.2 Å². The molecular weight excluding hydrogens is 458 g/mol. The summed E-state index contributed by atoms with van der Waals surface area (Å²) in [6.07, 6.45) is 0.621. The van der Waals surface area contributed by atoms with Crippen molar-refractivity contribution < 1.29 is 23.9 Å². The molecule has 3 aromatic rings. The van der Waals surface area contributed by atoms with E-state index in [4.69, 9.17) is 9.47 Å². The highest BCUT2D eigenvalue weighted by atomic mass is 16.6. The molecule has 0 aliphatic carbocycles. The van der Waals surface area contributed by atoms with Crippen molar-refractivity contribution in [3.63, 3.8) is 0 Å². The highest BCUT2D eigenvalue weighted by molar-refractivity contribution is 5.99. The summed E-state index contributed by atoms with van der Waals surface area (Å²) in [5.41, 5.74) is 2.07. The number of nitrogens with one attached hydrogen (secondary N) is 2. The molecule has 36 heavy (non-hydrogen) atoms. The lowest BCUT2D eigenvalue weighted by molar-refractivity contribution is -0.129. The first-order valence-electron chi connectivity index (χ1n) is 11.8. The zero-order valence-corrected chi connectivity index (χ0v) is 20.1. The predicted octanol–water partition coefficient (Wildman–Crippen LogP) is 4.29. The molecule has 1 aliphatic rings. The minimum atomic E-state index is -0.941. The molecule has 1 aliphatic heterocycles. The molecule has 0 radical (unpaired) electrons. The molecule has 2 atom stereocenters. The number of anilines is 1. The molecule has 3 aromatic carbocycles. The second-order valence-corrected chi connectivity index (χ2v) is 8.46. The zero-order chi connectivity index (χ0) is 25.3. The van der Waals surface area contributed by atoms with Gasteiger partial charge >= 0.3 is 6.09 Å². The van der Waals surface area contributed by atoms with Gasteiger partial charge in [0, 0.05) is 12.2 Å². The van der Waals surface area contributed by atoms with Crippen molar-refractivity contribution in [3.05, 3.63) is 96.1 Å². The molecule has 3 amide bonds. The van der Waals surface area contributed by atoms with Crippen molar-refractivity contribution in [2.24, 2.45) is 0 Å². The summed E-state index contributed by atoms with van der Waals surface area (Å²) in [4.78, 5) is 40.7. The van der Waals surface area contributed by atoms with Gasteiger partial charge in [-0.1, -0.05) is 60.7 Å². The minimum Gasteiger partial charge on any atom is -0.497 e. The van der Waals surface area contributed by atoms with Crippen LogP contribution in [0.25, 0.3) is 0 Å². The quantitative estimate of drug-likeness (QED) is 0.494. The van der Waals surface area contributed by atoms with Crippen molar-refractivity contribution in [2.75, 3.05) is 19.0 Å². The van der Waals surface area contributed by atoms with E-state index >= 15 is 0 Å². The summed E-state index contributed by atoms with van der Waals surface area (Å²) in [6.45, 7) is 0.543. The normalized spacial score (nSPS) is 15.6. The Balaban J connectivity index is 1.44. The SMILES string of the molecule is COc1ccc(NC(=O)[C@H](NC(=O)[C@H]2CCCN2C(=O)OCc2ccccc2)c2ccccc2)cc1. The third-order valence-corrected chi connectivity index (χ3v) is 6.03. The second kappa shape index (κ2) is 11.9. The minimum absolute atomic E-state index is 0.126. The number of carbonyl (C=O) groups is 3. The topological polar surface area (TPSA) is 97.0 Å². The third-order valence-electron chi connectivity index (χ3n) is 6.03. The number of hydrogen-bond acceptors (Lipinski definition) is 5. The average Bonchev–Trinajstić information content (AvgIpc) is 3.42. The first-order valence-corrected chi connectivity index (χ1v) is 11.8. The van der Waals surface area contributed by atoms with E-state index in [1.807, 2.05) is 36.4 Å². The van der Waals surface area contributed by atoms with Crippen molar-refractivity contribution in [1.29, 1.82) is 0 Å². The lowest BCUT2D eigenvalue weighted by Gasteiger charge is -2.26. The van der Waals surface area contributed by atoms with Gasteiger partial charge in [0.1, 0.15) is 24.4 Å². The van der Waals surface area contributed by atoms with Crippen LogP contribution in [0.1, 0.15) is 30.0 Å². The molecule has 0 aromatic heterocycles. The van der Waals surface area contributed by atoms with Gasteiger partial charge in [-0.3, -0.25) is 14.5 Å². The van der Waals surface area contributed by atoms with E-state index in [1.165, 1.54) is 4.90 Å². The first-order chi connectivity index (χ1) is 17.5. The molecule has 1 heterocycles. The van der Waals surface area contributed by atoms with Crippen molar-refractivity contribution in [2.45, 2.75) is 31.5 Å². The van der Waals surface area contributed by atoms with Crippen LogP contribution in [0.5, 0.6) is 5.75 Å². The summed E-state index contributed by atoms with van der Waals surface area (Å²) >= 11 is 0. The Morgan fingerprint density at radius 1 is 0.944 bits per heavy atom. The summed E-state index contributed by atoms with van der Waals surface area (Å²) in [5, 5.41) is 5.70. The molecular formula is C28H29N3O5. The maximum atomic E-state index is 13.3. The summed E-state index contributed by atoms with van der Waals surface area (Å²) < 4.78 is 10.6. The van der Waals surface area contributed by atoms with Crippen LogP contribution >= 0.6 is 0 Å². The smallest absolute Gasteiger partial charge is 0.410 e. The van der Waals surface area contributed by atoms with Crippen LogP contribution < -0.4 is 15.4 Å². The van der Waals surface area contributed by atoms with Crippen LogP contribution in [0.4, 0.5) is 10.5 Å². The summed E-state index contributed by atoms with van der Waals surface area (Å²) in [6, 6.07) is 23.6. The molecule has 0 bridgehead atoms. The van der Waals surface area contributed by atoms with Gasteiger partial charge in [-0.15, -0.1) is 0 Å². The maximum absolute atomic E-state index is 13.3. The Labute approximate surface area is 210 Å². The number of ether oxygens (including phenoxy) is 2. The molecule has 1 fully saturated rings. The Morgan fingerprint density at radius 2 is 1.61 bits per heavy atom. The van der Waals surface area contributed by atoms with Crippen LogP contribution in [0.15, 0.2) is 84.9 Å². The van der Waals surface area contributed by atoms with Crippen molar-refractivity contribution in [1.82, 2.24) is 10.2 Å². The number of nitrogens with zero attached hydrogens (tertiary/aromatic N) is 1. The third kappa shape index (κ3) is 6.21. The van der Waals surface area contributed by atoms with E-state index in [2.05, 4.69) is 10.6 Å². The first kappa shape index (κ1) is 24.8. The Morgan fingerprint density at radius 3 is 2.28 bits per heavy atom. The molecule has 8 heteroatoms. The summed E-state index contributed by atoms with van der Waals surface area (Å²) in [7, 11) is 1.57. The molecule has 4 rings (SSSR count). The highest BCUT2D eigenvalue weighted by Gasteiger charge is 2.37. The predicted molar refractivity (Wildman–Crippen MR) is 135 cm³/mol. The molecule has 8 nitrogen and oxygen atoms in total. The highest BCUT2D eigenvalue weighted by Crippen LogP contribution is 2.23. The van der Waals surface area contributed by atoms with Crippen LogP contribution in [-0.4, -0.2) is 42.5 Å². The van der Waals surface area contributed by atoms with E-state index in [0.29, 0.717) is 36.4 Å². The molecule has 0 saturated carbocycles. The van der Waals surface area contributed by atoms with Gasteiger partial charge in [0.05, 0.1) is 7.11 Å². The van der Waals surface area contributed by atoms with E-state index < -0.39 is 30.0 Å². The van der Waals surface area contributed by atoms with E-state index in [0.717, 1.165) is 5.56 Å². The number of likely N-dealkylation sites (tertiary alicyclic amines) is 1. The molecule has 0 spiro atoms. The van der Waals surface area contributed by atoms with Crippen molar-refractivity contribution in [3.8, 4) is 5.75 Å². The number of benzene rings is 3. The van der Waals surface area contributed by atoms with Crippen molar-refractivity contribution >= 4 is 23.6 Å². The zero-order valence-electron chi connectivity index (χ0n) is 20.1. The number of carbonyl (C=O) groups excluding carboxylic acids is 3. The molecule has 2 N–H and O–H groups in total. The second-order valence-electron chi connectivity index (χ2n) is 8.46. The Kier molecular flexibility index (Phi) is 8.18. The van der Waals surface area contributed by atoms with E-state index in [1.54, 1.807) is 55.6 Å². The van der Waals surface area contributed by atoms with E-state index in [-0.39, 0.29) is 6.61 Å². The van der Waals surface area contributed by atoms with Crippen LogP contribution in [0.2, 0.25) is 0 Å². The lowest BCUT2D eigenvalue weighted by atomic mass is 10.0. The largest absolute Gasteiger partial charge is 0.497 e. The van der Waals surface area contributed by atoms with E-state index in [9.17, 15) is 14.4 Å². The summed E-state index contributed by atoms with van der Waals surface area (Å²) in [5.74, 6) is -0.125. The van der Waals surface area contributed by atoms with Crippen LogP contribution in [-0.2, 0) is 20.9 Å². The monoisotopic (exact) mass is 487 g/mol. The fourth-order valence-electron chi connectivity index (χ4n) is 4.13. The average molecular weight is 488 g/mol. The van der Waals surface area contributed by atoms with Gasteiger partial charge < -0.3 is 20.1 Å². The molecule has 1 saturated heterocycles. The number of rotatable bonds is 8. The maximum Gasteiger partial charge on any atom is 0.410 e. The number of methoxy groups -OCH3 is 1. The number of hydrogen-bond donors (Lipinski definition) is 2.